The molecular formula is C13H17BrFN. The number of hydrogen-bond donors (Lipinski definition) is 0. The zero-order valence-corrected chi connectivity index (χ0v) is 11.1. The fourth-order valence-corrected chi connectivity index (χ4v) is 2.77. The summed E-state index contributed by atoms with van der Waals surface area (Å²) in [5.41, 5.74) is -0.363. The standard InChI is InChI=1S/C13H17BrFN/c1-2-16-8-4-7-13(15,10-16)11-5-3-6-12(14)9-11/h3,5-6,9H,2,4,7-8,10H2,1H3. The van der Waals surface area contributed by atoms with Crippen LogP contribution in [0.1, 0.15) is 25.3 Å². The topological polar surface area (TPSA) is 3.24 Å². The highest BCUT2D eigenvalue weighted by molar-refractivity contribution is 9.10. The Hall–Kier alpha value is -0.410. The molecule has 88 valence electrons. The molecule has 0 bridgehead atoms. The first-order valence-electron chi connectivity index (χ1n) is 5.81. The van der Waals surface area contributed by atoms with Gasteiger partial charge < -0.3 is 4.90 Å². The maximum Gasteiger partial charge on any atom is 0.148 e. The molecule has 0 N–H and O–H groups in total. The molecule has 2 rings (SSSR count). The molecule has 3 heteroatoms. The maximum atomic E-state index is 14.9. The van der Waals surface area contributed by atoms with Crippen LogP contribution in [0.4, 0.5) is 4.39 Å². The van der Waals surface area contributed by atoms with Crippen molar-refractivity contribution in [2.24, 2.45) is 0 Å². The lowest BCUT2D eigenvalue weighted by Gasteiger charge is -2.37. The third kappa shape index (κ3) is 2.46. The smallest absolute Gasteiger partial charge is 0.148 e. The summed E-state index contributed by atoms with van der Waals surface area (Å²) in [6, 6.07) is 7.64. The summed E-state index contributed by atoms with van der Waals surface area (Å²) < 4.78 is 15.8. The van der Waals surface area contributed by atoms with E-state index in [-0.39, 0.29) is 0 Å². The normalized spacial score (nSPS) is 26.9. The molecule has 0 radical (unpaired) electrons. The number of piperidine rings is 1. The van der Waals surface area contributed by atoms with Gasteiger partial charge in [-0.25, -0.2) is 4.39 Å². The fourth-order valence-electron chi connectivity index (χ4n) is 2.37. The van der Waals surface area contributed by atoms with Crippen LogP contribution < -0.4 is 0 Å². The fraction of sp³-hybridized carbons (Fsp3) is 0.538. The van der Waals surface area contributed by atoms with Gasteiger partial charge in [0.15, 0.2) is 0 Å². The van der Waals surface area contributed by atoms with Crippen LogP contribution >= 0.6 is 15.9 Å². The number of benzene rings is 1. The van der Waals surface area contributed by atoms with Crippen molar-refractivity contribution < 1.29 is 4.39 Å². The number of nitrogens with zero attached hydrogens (tertiary/aromatic N) is 1. The quantitative estimate of drug-likeness (QED) is 0.800. The molecule has 0 amide bonds. The van der Waals surface area contributed by atoms with E-state index in [0.717, 1.165) is 29.5 Å². The molecule has 1 aromatic rings. The largest absolute Gasteiger partial charge is 0.300 e. The van der Waals surface area contributed by atoms with Crippen LogP contribution in [0, 0.1) is 0 Å². The minimum absolute atomic E-state index is 0.528. The number of hydrogen-bond acceptors (Lipinski definition) is 1. The van der Waals surface area contributed by atoms with Gasteiger partial charge in [0.05, 0.1) is 0 Å². The molecular weight excluding hydrogens is 269 g/mol. The van der Waals surface area contributed by atoms with Gasteiger partial charge in [-0.3, -0.25) is 0 Å². The van der Waals surface area contributed by atoms with Gasteiger partial charge in [-0.1, -0.05) is 35.0 Å². The van der Waals surface area contributed by atoms with Crippen LogP contribution in [-0.2, 0) is 5.67 Å². The Bertz CT molecular complexity index is 369. The monoisotopic (exact) mass is 285 g/mol. The second-order valence-electron chi connectivity index (χ2n) is 4.45. The van der Waals surface area contributed by atoms with Gasteiger partial charge in [0, 0.05) is 11.0 Å². The predicted octanol–water partition coefficient (Wildman–Crippen LogP) is 3.73. The lowest BCUT2D eigenvalue weighted by molar-refractivity contribution is 0.0453. The van der Waals surface area contributed by atoms with Crippen molar-refractivity contribution >= 4 is 15.9 Å². The minimum Gasteiger partial charge on any atom is -0.300 e. The average molecular weight is 286 g/mol. The lowest BCUT2D eigenvalue weighted by Crippen LogP contribution is -2.43. The van der Waals surface area contributed by atoms with Crippen molar-refractivity contribution in [2.75, 3.05) is 19.6 Å². The third-order valence-electron chi connectivity index (χ3n) is 3.31. The van der Waals surface area contributed by atoms with E-state index in [1.165, 1.54) is 0 Å². The van der Waals surface area contributed by atoms with E-state index in [0.29, 0.717) is 13.0 Å². The highest BCUT2D eigenvalue weighted by Crippen LogP contribution is 2.36. The van der Waals surface area contributed by atoms with Crippen molar-refractivity contribution in [3.63, 3.8) is 0 Å². The van der Waals surface area contributed by atoms with Gasteiger partial charge in [-0.2, -0.15) is 0 Å². The summed E-state index contributed by atoms with van der Waals surface area (Å²) in [7, 11) is 0. The summed E-state index contributed by atoms with van der Waals surface area (Å²) in [5, 5.41) is 0. The molecule has 1 aromatic carbocycles. The highest BCUT2D eigenvalue weighted by atomic mass is 79.9. The van der Waals surface area contributed by atoms with Gasteiger partial charge >= 0.3 is 0 Å². The van der Waals surface area contributed by atoms with E-state index < -0.39 is 5.67 Å². The van der Waals surface area contributed by atoms with Crippen molar-refractivity contribution in [3.8, 4) is 0 Å². The van der Waals surface area contributed by atoms with E-state index >= 15 is 0 Å². The Kier molecular flexibility index (Phi) is 3.65. The minimum atomic E-state index is -1.17. The van der Waals surface area contributed by atoms with Crippen molar-refractivity contribution in [2.45, 2.75) is 25.4 Å². The molecule has 1 fully saturated rings. The van der Waals surface area contributed by atoms with Crippen LogP contribution in [0.15, 0.2) is 28.7 Å². The molecule has 1 aliphatic rings. The zero-order valence-electron chi connectivity index (χ0n) is 9.55. The summed E-state index contributed by atoms with van der Waals surface area (Å²) in [6.45, 7) is 4.57. The molecule has 0 saturated carbocycles. The van der Waals surface area contributed by atoms with Gasteiger partial charge in [0.2, 0.25) is 0 Å². The molecule has 1 heterocycles. The van der Waals surface area contributed by atoms with Crippen LogP contribution in [-0.4, -0.2) is 24.5 Å². The van der Waals surface area contributed by atoms with Crippen LogP contribution in [0.5, 0.6) is 0 Å². The summed E-state index contributed by atoms with van der Waals surface area (Å²) in [6.07, 6.45) is 1.58. The molecule has 1 aliphatic heterocycles. The molecule has 1 saturated heterocycles. The summed E-state index contributed by atoms with van der Waals surface area (Å²) in [4.78, 5) is 2.18. The molecule has 1 unspecified atom stereocenters. The first kappa shape index (κ1) is 12.1. The number of rotatable bonds is 2. The van der Waals surface area contributed by atoms with Gasteiger partial charge in [-0.05, 0) is 43.6 Å². The lowest BCUT2D eigenvalue weighted by atomic mass is 9.87. The first-order chi connectivity index (χ1) is 7.64. The highest BCUT2D eigenvalue weighted by Gasteiger charge is 2.36. The van der Waals surface area contributed by atoms with E-state index in [2.05, 4.69) is 27.8 Å². The molecule has 0 spiro atoms. The Labute approximate surface area is 105 Å². The van der Waals surface area contributed by atoms with Gasteiger partial charge in [-0.15, -0.1) is 0 Å². The Morgan fingerprint density at radius 1 is 1.50 bits per heavy atom. The van der Waals surface area contributed by atoms with E-state index in [4.69, 9.17) is 0 Å². The second-order valence-corrected chi connectivity index (χ2v) is 5.36. The molecule has 1 atom stereocenters. The second kappa shape index (κ2) is 4.84. The Balaban J connectivity index is 2.23. The SMILES string of the molecule is CCN1CCCC(F)(c2cccc(Br)c2)C1. The molecule has 0 aliphatic carbocycles. The summed E-state index contributed by atoms with van der Waals surface area (Å²) >= 11 is 3.40. The number of likely N-dealkylation sites (tertiary alicyclic amines) is 1. The van der Waals surface area contributed by atoms with Crippen LogP contribution in [0.25, 0.3) is 0 Å². The van der Waals surface area contributed by atoms with Crippen molar-refractivity contribution in [3.05, 3.63) is 34.3 Å². The van der Waals surface area contributed by atoms with Crippen molar-refractivity contribution in [1.82, 2.24) is 4.90 Å². The summed E-state index contributed by atoms with van der Waals surface area (Å²) in [5.74, 6) is 0. The maximum absolute atomic E-state index is 14.9. The Morgan fingerprint density at radius 3 is 3.00 bits per heavy atom. The van der Waals surface area contributed by atoms with Crippen LogP contribution in [0.3, 0.4) is 0 Å². The van der Waals surface area contributed by atoms with Crippen molar-refractivity contribution in [1.29, 1.82) is 0 Å². The number of alkyl halides is 1. The average Bonchev–Trinajstić information content (AvgIpc) is 2.29. The predicted molar refractivity (Wildman–Crippen MR) is 68.3 cm³/mol. The molecule has 16 heavy (non-hydrogen) atoms. The van der Waals surface area contributed by atoms with E-state index in [1.807, 2.05) is 24.3 Å². The zero-order chi connectivity index (χ0) is 11.6. The van der Waals surface area contributed by atoms with E-state index in [1.54, 1.807) is 0 Å². The number of likely N-dealkylation sites (N-methyl/N-ethyl adjacent to an activating group) is 1. The first-order valence-corrected chi connectivity index (χ1v) is 6.61. The third-order valence-corrected chi connectivity index (χ3v) is 3.80. The van der Waals surface area contributed by atoms with Crippen LogP contribution in [0.2, 0.25) is 0 Å². The molecule has 1 nitrogen and oxygen atoms in total. The molecule has 0 aromatic heterocycles. The van der Waals surface area contributed by atoms with Gasteiger partial charge in [0.25, 0.3) is 0 Å². The Morgan fingerprint density at radius 2 is 2.31 bits per heavy atom. The number of halogens is 2. The van der Waals surface area contributed by atoms with E-state index in [9.17, 15) is 4.39 Å². The van der Waals surface area contributed by atoms with Gasteiger partial charge in [0.1, 0.15) is 5.67 Å².